The van der Waals surface area contributed by atoms with Gasteiger partial charge in [0.25, 0.3) is 0 Å². The van der Waals surface area contributed by atoms with Gasteiger partial charge in [0.05, 0.1) is 18.8 Å². The van der Waals surface area contributed by atoms with Crippen LogP contribution < -0.4 is 4.74 Å². The maximum absolute atomic E-state index is 11.1. The van der Waals surface area contributed by atoms with Crippen molar-refractivity contribution in [2.45, 2.75) is 30.5 Å². The number of aliphatic hydroxyl groups is 2. The highest BCUT2D eigenvalue weighted by Crippen LogP contribution is 2.38. The van der Waals surface area contributed by atoms with Crippen LogP contribution in [0.2, 0.25) is 0 Å². The Morgan fingerprint density at radius 2 is 2.00 bits per heavy atom. The van der Waals surface area contributed by atoms with E-state index in [2.05, 4.69) is 4.90 Å². The molecule has 3 unspecified atom stereocenters. The van der Waals surface area contributed by atoms with Gasteiger partial charge >= 0.3 is 0 Å². The van der Waals surface area contributed by atoms with Gasteiger partial charge in [-0.2, -0.15) is 0 Å². The number of benzene rings is 1. The molecule has 1 aromatic rings. The van der Waals surface area contributed by atoms with Gasteiger partial charge in [-0.3, -0.25) is 0 Å². The van der Waals surface area contributed by atoms with Gasteiger partial charge < -0.3 is 19.8 Å². The highest BCUT2D eigenvalue weighted by molar-refractivity contribution is 5.32. The summed E-state index contributed by atoms with van der Waals surface area (Å²) in [5.41, 5.74) is 0.141. The van der Waals surface area contributed by atoms with Crippen LogP contribution >= 0.6 is 0 Å². The number of methoxy groups -OCH3 is 1. The summed E-state index contributed by atoms with van der Waals surface area (Å²) in [6.07, 6.45) is 3.99. The van der Waals surface area contributed by atoms with E-state index in [1.54, 1.807) is 13.2 Å². The molecular formula is C17H25NO3. The third kappa shape index (κ3) is 3.84. The lowest BCUT2D eigenvalue weighted by Gasteiger charge is -2.40. The first-order valence-electron chi connectivity index (χ1n) is 7.30. The molecule has 0 aromatic heterocycles. The molecule has 0 heterocycles. The van der Waals surface area contributed by atoms with E-state index in [1.165, 1.54) is 0 Å². The molecule has 0 radical (unpaired) electrons. The van der Waals surface area contributed by atoms with Crippen molar-refractivity contribution in [2.24, 2.45) is 0 Å². The summed E-state index contributed by atoms with van der Waals surface area (Å²) in [6.45, 7) is 0.726. The van der Waals surface area contributed by atoms with Crippen molar-refractivity contribution < 1.29 is 14.9 Å². The second kappa shape index (κ2) is 6.60. The number of ether oxygens (including phenoxy) is 1. The van der Waals surface area contributed by atoms with Crippen LogP contribution in [0.3, 0.4) is 0 Å². The Morgan fingerprint density at radius 3 is 2.52 bits per heavy atom. The number of hydrogen-bond acceptors (Lipinski definition) is 4. The summed E-state index contributed by atoms with van der Waals surface area (Å²) in [7, 11) is 5.63. The van der Waals surface area contributed by atoms with Gasteiger partial charge in [0.15, 0.2) is 0 Å². The topological polar surface area (TPSA) is 52.9 Å². The fourth-order valence-electron chi connectivity index (χ4n) is 3.01. The average Bonchev–Trinajstić information content (AvgIpc) is 2.44. The Morgan fingerprint density at radius 1 is 1.33 bits per heavy atom. The summed E-state index contributed by atoms with van der Waals surface area (Å²) in [4.78, 5) is 2.07. The first-order chi connectivity index (χ1) is 9.94. The fraction of sp³-hybridized carbons (Fsp3) is 0.529. The molecule has 1 aromatic carbocycles. The normalized spacial score (nSPS) is 26.9. The Kier molecular flexibility index (Phi) is 5.04. The largest absolute Gasteiger partial charge is 0.497 e. The van der Waals surface area contributed by atoms with Crippen LogP contribution in [-0.4, -0.2) is 54.6 Å². The minimum atomic E-state index is -0.924. The molecule has 0 saturated carbocycles. The molecule has 0 aliphatic heterocycles. The quantitative estimate of drug-likeness (QED) is 0.812. The van der Waals surface area contributed by atoms with Crippen molar-refractivity contribution in [1.82, 2.24) is 4.90 Å². The summed E-state index contributed by atoms with van der Waals surface area (Å²) >= 11 is 0. The van der Waals surface area contributed by atoms with Gasteiger partial charge in [-0.05, 0) is 38.2 Å². The van der Waals surface area contributed by atoms with Crippen LogP contribution in [0.4, 0.5) is 0 Å². The van der Waals surface area contributed by atoms with Crippen LogP contribution in [0, 0.1) is 0 Å². The molecule has 0 saturated heterocycles. The minimum absolute atomic E-state index is 0.0574. The Bertz CT molecular complexity index is 483. The molecule has 1 aliphatic rings. The van der Waals surface area contributed by atoms with E-state index in [0.29, 0.717) is 12.8 Å². The minimum Gasteiger partial charge on any atom is -0.497 e. The van der Waals surface area contributed by atoms with Crippen LogP contribution in [0.5, 0.6) is 5.75 Å². The van der Waals surface area contributed by atoms with E-state index in [-0.39, 0.29) is 5.92 Å². The monoisotopic (exact) mass is 291 g/mol. The Labute approximate surface area is 126 Å². The molecule has 0 fully saturated rings. The van der Waals surface area contributed by atoms with Gasteiger partial charge in [-0.25, -0.2) is 0 Å². The Balaban J connectivity index is 2.30. The first kappa shape index (κ1) is 16.0. The molecule has 4 heteroatoms. The molecule has 0 bridgehead atoms. The molecular weight excluding hydrogens is 266 g/mol. The fourth-order valence-corrected chi connectivity index (χ4v) is 3.01. The van der Waals surface area contributed by atoms with Crippen molar-refractivity contribution >= 4 is 0 Å². The van der Waals surface area contributed by atoms with Crippen LogP contribution in [0.1, 0.15) is 24.3 Å². The van der Waals surface area contributed by atoms with E-state index in [0.717, 1.165) is 17.9 Å². The van der Waals surface area contributed by atoms with Crippen LogP contribution in [0.15, 0.2) is 36.4 Å². The van der Waals surface area contributed by atoms with Gasteiger partial charge in [-0.1, -0.05) is 24.3 Å². The van der Waals surface area contributed by atoms with Crippen molar-refractivity contribution in [2.75, 3.05) is 27.7 Å². The average molecular weight is 291 g/mol. The van der Waals surface area contributed by atoms with E-state index in [1.807, 2.05) is 44.4 Å². The SMILES string of the molecule is COc1ccc(C(CN(C)C)C2(O)CC=CC(O)C2)cc1. The standard InChI is InChI=1S/C17H25NO3/c1-18(2)12-16(13-6-8-15(21-3)9-7-13)17(20)10-4-5-14(19)11-17/h4-9,14,16,19-20H,10-12H2,1-3H3. The third-order valence-electron chi connectivity index (χ3n) is 4.11. The molecule has 0 amide bonds. The van der Waals surface area contributed by atoms with Crippen molar-refractivity contribution in [3.05, 3.63) is 42.0 Å². The first-order valence-corrected chi connectivity index (χ1v) is 7.30. The van der Waals surface area contributed by atoms with Crippen LogP contribution in [0.25, 0.3) is 0 Å². The van der Waals surface area contributed by atoms with Gasteiger partial charge in [0.1, 0.15) is 5.75 Å². The lowest BCUT2D eigenvalue weighted by molar-refractivity contribution is -0.0320. The van der Waals surface area contributed by atoms with Crippen molar-refractivity contribution in [1.29, 1.82) is 0 Å². The summed E-state index contributed by atoms with van der Waals surface area (Å²) in [5, 5.41) is 20.9. The third-order valence-corrected chi connectivity index (χ3v) is 4.11. The summed E-state index contributed by atoms with van der Waals surface area (Å²) in [6, 6.07) is 7.82. The smallest absolute Gasteiger partial charge is 0.118 e. The molecule has 1 aliphatic carbocycles. The number of nitrogens with zero attached hydrogens (tertiary/aromatic N) is 1. The van der Waals surface area contributed by atoms with E-state index in [4.69, 9.17) is 4.74 Å². The molecule has 116 valence electrons. The zero-order chi connectivity index (χ0) is 15.5. The molecule has 3 atom stereocenters. The van der Waals surface area contributed by atoms with Crippen LogP contribution in [-0.2, 0) is 0 Å². The summed E-state index contributed by atoms with van der Waals surface area (Å²) in [5.74, 6) is 0.746. The zero-order valence-corrected chi connectivity index (χ0v) is 13.0. The molecule has 4 nitrogen and oxygen atoms in total. The lowest BCUT2D eigenvalue weighted by Crippen LogP contribution is -2.44. The number of hydrogen-bond donors (Lipinski definition) is 2. The van der Waals surface area contributed by atoms with Gasteiger partial charge in [-0.15, -0.1) is 0 Å². The predicted octanol–water partition coefficient (Wildman–Crippen LogP) is 1.78. The highest BCUT2D eigenvalue weighted by atomic mass is 16.5. The number of likely N-dealkylation sites (N-methyl/N-ethyl adjacent to an activating group) is 1. The highest BCUT2D eigenvalue weighted by Gasteiger charge is 2.40. The van der Waals surface area contributed by atoms with Gasteiger partial charge in [0.2, 0.25) is 0 Å². The maximum atomic E-state index is 11.1. The number of rotatable bonds is 5. The van der Waals surface area contributed by atoms with E-state index in [9.17, 15) is 10.2 Å². The second-order valence-corrected chi connectivity index (χ2v) is 6.10. The maximum Gasteiger partial charge on any atom is 0.118 e. The molecule has 0 spiro atoms. The number of aliphatic hydroxyl groups excluding tert-OH is 1. The second-order valence-electron chi connectivity index (χ2n) is 6.10. The van der Waals surface area contributed by atoms with Gasteiger partial charge in [0, 0.05) is 18.9 Å². The molecule has 21 heavy (non-hydrogen) atoms. The zero-order valence-electron chi connectivity index (χ0n) is 13.0. The van der Waals surface area contributed by atoms with E-state index >= 15 is 0 Å². The predicted molar refractivity (Wildman–Crippen MR) is 83.6 cm³/mol. The van der Waals surface area contributed by atoms with E-state index < -0.39 is 11.7 Å². The molecule has 2 rings (SSSR count). The molecule has 2 N–H and O–H groups in total. The van der Waals surface area contributed by atoms with Crippen molar-refractivity contribution in [3.8, 4) is 5.75 Å². The van der Waals surface area contributed by atoms with Crippen molar-refractivity contribution in [3.63, 3.8) is 0 Å². The lowest BCUT2D eigenvalue weighted by atomic mass is 9.74. The summed E-state index contributed by atoms with van der Waals surface area (Å²) < 4.78 is 5.19. The Hall–Kier alpha value is -1.36.